The minimum atomic E-state index is -5.44. The number of piperidine rings is 1. The van der Waals surface area contributed by atoms with Crippen LogP contribution in [0.5, 0.6) is 6.01 Å². The zero-order valence-corrected chi connectivity index (χ0v) is 25.8. The molecule has 0 amide bonds. The highest BCUT2D eigenvalue weighted by atomic mass is 19.4. The first-order chi connectivity index (χ1) is 22.3. The number of nitrogen functional groups attached to an aromatic ring is 1. The van der Waals surface area contributed by atoms with E-state index in [2.05, 4.69) is 20.2 Å². The number of fused-ring (bicyclic) bond motifs is 3. The Kier molecular flexibility index (Phi) is 8.63. The van der Waals surface area contributed by atoms with Crippen LogP contribution in [0, 0.1) is 40.1 Å². The molecular formula is C32H34F7N7O. The van der Waals surface area contributed by atoms with Gasteiger partial charge in [-0.3, -0.25) is 4.39 Å². The van der Waals surface area contributed by atoms with E-state index >= 15 is 8.78 Å². The van der Waals surface area contributed by atoms with Crippen molar-refractivity contribution in [2.75, 3.05) is 56.6 Å². The van der Waals surface area contributed by atoms with Crippen molar-refractivity contribution >= 4 is 22.4 Å². The van der Waals surface area contributed by atoms with E-state index in [0.29, 0.717) is 32.1 Å². The van der Waals surface area contributed by atoms with Crippen molar-refractivity contribution in [1.82, 2.24) is 20.2 Å². The number of hydrogen-bond donors (Lipinski definition) is 2. The van der Waals surface area contributed by atoms with E-state index in [9.17, 15) is 27.2 Å². The molecule has 6 rings (SSSR count). The molecule has 3 N–H and O–H groups in total. The Morgan fingerprint density at radius 1 is 1.09 bits per heavy atom. The number of rotatable bonds is 7. The summed E-state index contributed by atoms with van der Waals surface area (Å²) in [7, 11) is 0. The number of alkyl halides is 4. The van der Waals surface area contributed by atoms with Crippen LogP contribution >= 0.6 is 0 Å². The third kappa shape index (κ3) is 5.90. The molecule has 1 aromatic heterocycles. The summed E-state index contributed by atoms with van der Waals surface area (Å²) in [6.07, 6.45) is -3.11. The molecule has 3 aliphatic heterocycles. The lowest BCUT2D eigenvalue weighted by Crippen LogP contribution is -2.51. The number of nitrogens with one attached hydrogen (secondary N) is 1. The number of hydrogen-bond acceptors (Lipinski definition) is 8. The molecule has 2 bridgehead atoms. The Hall–Kier alpha value is -3.90. The van der Waals surface area contributed by atoms with Crippen molar-refractivity contribution in [2.45, 2.75) is 51.4 Å². The van der Waals surface area contributed by atoms with E-state index in [0.717, 1.165) is 32.0 Å². The highest BCUT2D eigenvalue weighted by molar-refractivity contribution is 5.95. The number of benzene rings is 2. The largest absolute Gasteiger partial charge is 0.463 e. The van der Waals surface area contributed by atoms with Gasteiger partial charge in [-0.15, -0.1) is 0 Å². The fourth-order valence-electron chi connectivity index (χ4n) is 7.31. The summed E-state index contributed by atoms with van der Waals surface area (Å²) in [6.45, 7) is 6.06. The van der Waals surface area contributed by atoms with Gasteiger partial charge in [0.1, 0.15) is 34.6 Å². The first kappa shape index (κ1) is 33.0. The second kappa shape index (κ2) is 12.3. The topological polar surface area (TPSA) is 103 Å². The second-order valence-electron chi connectivity index (χ2n) is 12.9. The molecule has 47 heavy (non-hydrogen) atoms. The second-order valence-corrected chi connectivity index (χ2v) is 12.9. The maximum atomic E-state index is 16.6. The van der Waals surface area contributed by atoms with Crippen LogP contribution < -0.4 is 20.7 Å². The standard InChI is InChI=1S/C32H34F7N7O/c1-3-45-7-6-16(10-33)31(2,14-45)15-47-30-43-28-19(29(44-30)46-12-17-4-5-18(13-46)42-17)8-21(34)25(27(28)36)24-20(11-40)23(41)9-22(35)26(24)32(37,38)39/h8-9,16-18,42H,3-7,10,12-15,41H2,1-2H3/t16-,17-,18+,31+/m1/s1. The number of halogens is 7. The van der Waals surface area contributed by atoms with E-state index < -0.39 is 69.2 Å². The number of likely N-dealkylation sites (tertiary alicyclic amines) is 1. The molecule has 2 aromatic carbocycles. The number of aromatic nitrogens is 2. The quantitative estimate of drug-likeness (QED) is 0.241. The lowest BCUT2D eigenvalue weighted by molar-refractivity contribution is -0.139. The first-order valence-corrected chi connectivity index (χ1v) is 15.5. The molecule has 8 nitrogen and oxygen atoms in total. The van der Waals surface area contributed by atoms with Gasteiger partial charge in [0.2, 0.25) is 0 Å². The normalized spacial score (nSPS) is 24.9. The number of anilines is 2. The van der Waals surface area contributed by atoms with Gasteiger partial charge in [-0.2, -0.15) is 28.4 Å². The van der Waals surface area contributed by atoms with Crippen molar-refractivity contribution in [1.29, 1.82) is 5.26 Å². The molecule has 0 aliphatic carbocycles. The van der Waals surface area contributed by atoms with Crippen LogP contribution in [-0.4, -0.2) is 73.0 Å². The van der Waals surface area contributed by atoms with Gasteiger partial charge in [0, 0.05) is 48.1 Å². The predicted molar refractivity (Wildman–Crippen MR) is 161 cm³/mol. The summed E-state index contributed by atoms with van der Waals surface area (Å²) in [6, 6.07) is 2.34. The summed E-state index contributed by atoms with van der Waals surface area (Å²) >= 11 is 0. The van der Waals surface area contributed by atoms with Crippen LogP contribution in [0.25, 0.3) is 22.0 Å². The average molecular weight is 666 g/mol. The summed E-state index contributed by atoms with van der Waals surface area (Å²) in [4.78, 5) is 12.7. The van der Waals surface area contributed by atoms with Gasteiger partial charge < -0.3 is 25.6 Å². The number of nitriles is 1. The zero-order chi connectivity index (χ0) is 33.8. The third-order valence-corrected chi connectivity index (χ3v) is 9.84. The van der Waals surface area contributed by atoms with Crippen LogP contribution in [0.4, 0.5) is 42.2 Å². The van der Waals surface area contributed by atoms with Gasteiger partial charge in [0.25, 0.3) is 0 Å². The van der Waals surface area contributed by atoms with Gasteiger partial charge in [-0.1, -0.05) is 13.8 Å². The lowest BCUT2D eigenvalue weighted by Gasteiger charge is -2.44. The molecule has 0 radical (unpaired) electrons. The van der Waals surface area contributed by atoms with E-state index in [1.165, 1.54) is 6.07 Å². The van der Waals surface area contributed by atoms with Crippen LogP contribution in [0.2, 0.25) is 0 Å². The van der Waals surface area contributed by atoms with Crippen LogP contribution in [-0.2, 0) is 6.18 Å². The van der Waals surface area contributed by atoms with E-state index in [4.69, 9.17) is 10.5 Å². The van der Waals surface area contributed by atoms with Gasteiger partial charge in [-0.05, 0) is 50.4 Å². The molecule has 3 fully saturated rings. The number of nitrogens with two attached hydrogens (primary N) is 1. The Balaban J connectivity index is 1.54. The average Bonchev–Trinajstić information content (AvgIpc) is 3.36. The van der Waals surface area contributed by atoms with Crippen LogP contribution in [0.3, 0.4) is 0 Å². The van der Waals surface area contributed by atoms with Gasteiger partial charge >= 0.3 is 12.2 Å². The lowest BCUT2D eigenvalue weighted by atomic mass is 9.73. The van der Waals surface area contributed by atoms with Crippen molar-refractivity contribution in [3.8, 4) is 23.2 Å². The molecule has 0 spiro atoms. The first-order valence-electron chi connectivity index (χ1n) is 15.5. The number of ether oxygens (including phenoxy) is 1. The Morgan fingerprint density at radius 2 is 1.79 bits per heavy atom. The number of nitrogens with zero attached hydrogens (tertiary/aromatic N) is 5. The molecule has 3 saturated heterocycles. The Morgan fingerprint density at radius 3 is 2.40 bits per heavy atom. The fourth-order valence-corrected chi connectivity index (χ4v) is 7.31. The SMILES string of the molecule is CCN1CC[C@H](CF)[C@](C)(COc2nc(N3C[C@H]4CC[C@@H](C3)N4)c3cc(F)c(-c4c(C#N)c(N)cc(F)c4C(F)(F)F)c(F)c3n2)C1. The maximum Gasteiger partial charge on any atom is 0.419 e. The smallest absolute Gasteiger partial charge is 0.419 e. The summed E-state index contributed by atoms with van der Waals surface area (Å²) in [5, 5.41) is 13.0. The molecule has 252 valence electrons. The van der Waals surface area contributed by atoms with Gasteiger partial charge in [0.15, 0.2) is 5.82 Å². The minimum Gasteiger partial charge on any atom is -0.463 e. The molecular weight excluding hydrogens is 631 g/mol. The summed E-state index contributed by atoms with van der Waals surface area (Å²) < 4.78 is 110. The van der Waals surface area contributed by atoms with Crippen molar-refractivity contribution in [3.05, 3.63) is 40.7 Å². The summed E-state index contributed by atoms with van der Waals surface area (Å²) in [5.74, 6) is -5.18. The molecule has 4 atom stereocenters. The van der Waals surface area contributed by atoms with Crippen molar-refractivity contribution < 1.29 is 35.5 Å². The van der Waals surface area contributed by atoms with E-state index in [-0.39, 0.29) is 41.8 Å². The molecule has 0 unspecified atom stereocenters. The monoisotopic (exact) mass is 665 g/mol. The number of piperazine rings is 1. The minimum absolute atomic E-state index is 0.0528. The van der Waals surface area contributed by atoms with Crippen LogP contribution in [0.15, 0.2) is 12.1 Å². The molecule has 3 aliphatic rings. The highest BCUT2D eigenvalue weighted by Gasteiger charge is 2.43. The Labute approximate surface area is 266 Å². The molecule has 4 heterocycles. The third-order valence-electron chi connectivity index (χ3n) is 9.84. The maximum absolute atomic E-state index is 16.6. The van der Waals surface area contributed by atoms with E-state index in [1.807, 2.05) is 18.7 Å². The van der Waals surface area contributed by atoms with E-state index in [1.54, 1.807) is 0 Å². The molecule has 3 aromatic rings. The van der Waals surface area contributed by atoms with Crippen molar-refractivity contribution in [2.24, 2.45) is 11.3 Å². The van der Waals surface area contributed by atoms with Crippen LogP contribution in [0.1, 0.15) is 44.2 Å². The Bertz CT molecular complexity index is 1730. The molecule has 15 heteroatoms. The molecule has 0 saturated carbocycles. The van der Waals surface area contributed by atoms with Crippen molar-refractivity contribution in [3.63, 3.8) is 0 Å². The highest BCUT2D eigenvalue weighted by Crippen LogP contribution is 2.46. The van der Waals surface area contributed by atoms with Gasteiger partial charge in [-0.25, -0.2) is 13.2 Å². The van der Waals surface area contributed by atoms with Gasteiger partial charge in [0.05, 0.1) is 30.1 Å². The predicted octanol–water partition coefficient (Wildman–Crippen LogP) is 5.82. The fraction of sp³-hybridized carbons (Fsp3) is 0.531. The zero-order valence-electron chi connectivity index (χ0n) is 25.8. The summed E-state index contributed by atoms with van der Waals surface area (Å²) in [5.41, 5.74) is -1.95.